The Morgan fingerprint density at radius 1 is 0.625 bits per heavy atom. The zero-order valence-corrected chi connectivity index (χ0v) is 17.9. The van der Waals surface area contributed by atoms with Crippen molar-refractivity contribution in [3.63, 3.8) is 0 Å². The summed E-state index contributed by atoms with van der Waals surface area (Å²) >= 11 is 11.2. The molecule has 3 rings (SSSR count). The Morgan fingerprint density at radius 2 is 1.00 bits per heavy atom. The molecule has 0 amide bonds. The minimum atomic E-state index is 0.612. The van der Waals surface area contributed by atoms with E-state index in [9.17, 15) is 0 Å². The van der Waals surface area contributed by atoms with Crippen LogP contribution in [0, 0.1) is 0 Å². The summed E-state index contributed by atoms with van der Waals surface area (Å²) in [6.45, 7) is 0. The van der Waals surface area contributed by atoms with Crippen LogP contribution < -0.4 is 0 Å². The summed E-state index contributed by atoms with van der Waals surface area (Å²) in [6.07, 6.45) is 0. The van der Waals surface area contributed by atoms with Gasteiger partial charge in [0.05, 0.1) is 0 Å². The molecule has 0 radical (unpaired) electrons. The van der Waals surface area contributed by atoms with E-state index in [-0.39, 0.29) is 0 Å². The summed E-state index contributed by atoms with van der Waals surface area (Å²) < 4.78 is 1.11. The number of halogens is 3. The molecular weight excluding hydrogens is 494 g/mol. The molecule has 0 nitrogen and oxygen atoms in total. The first-order chi connectivity index (χ1) is 11.8. The fourth-order valence-corrected chi connectivity index (χ4v) is 2.76. The molecule has 0 saturated carbocycles. The predicted octanol–water partition coefficient (Wildman–Crippen LogP) is 7.63. The van der Waals surface area contributed by atoms with E-state index in [1.54, 1.807) is 0 Å². The number of hydrogen-bond acceptors (Lipinski definition) is 0. The number of hydrogen-bond donors (Lipinski definition) is 0. The van der Waals surface area contributed by atoms with Crippen LogP contribution in [-0.4, -0.2) is 0 Å². The SMILES string of the molecule is BrCc1ccccc1.ClCc1ccccc1.ICc1ccccc1. The fraction of sp³-hybridized carbons (Fsp3) is 0.143. The van der Waals surface area contributed by atoms with Crippen LogP contribution in [0.25, 0.3) is 0 Å². The van der Waals surface area contributed by atoms with Crippen molar-refractivity contribution < 1.29 is 0 Å². The van der Waals surface area contributed by atoms with Crippen molar-refractivity contribution in [1.82, 2.24) is 0 Å². The van der Waals surface area contributed by atoms with Gasteiger partial charge in [0.25, 0.3) is 0 Å². The second-order valence-corrected chi connectivity index (χ2v) is 6.45. The summed E-state index contributed by atoms with van der Waals surface area (Å²) in [5.74, 6) is 0.612. The van der Waals surface area contributed by atoms with Crippen LogP contribution in [0.4, 0.5) is 0 Å². The van der Waals surface area contributed by atoms with E-state index in [1.807, 2.05) is 54.6 Å². The molecular formula is C21H21BrClI. The molecule has 126 valence electrons. The molecule has 0 aromatic heterocycles. The van der Waals surface area contributed by atoms with Gasteiger partial charge in [-0.25, -0.2) is 0 Å². The van der Waals surface area contributed by atoms with Crippen LogP contribution in [-0.2, 0) is 15.6 Å². The minimum absolute atomic E-state index is 0.612. The highest BCUT2D eigenvalue weighted by molar-refractivity contribution is 14.1. The Hall–Kier alpha value is -0.840. The largest absolute Gasteiger partial charge is 0.122 e. The molecule has 3 aromatic carbocycles. The Bertz CT molecular complexity index is 536. The molecule has 0 spiro atoms. The van der Waals surface area contributed by atoms with E-state index in [0.717, 1.165) is 9.76 Å². The van der Waals surface area contributed by atoms with Crippen molar-refractivity contribution in [3.05, 3.63) is 108 Å². The van der Waals surface area contributed by atoms with Crippen LogP contribution in [0.5, 0.6) is 0 Å². The van der Waals surface area contributed by atoms with Crippen molar-refractivity contribution in [3.8, 4) is 0 Å². The average Bonchev–Trinajstić information content (AvgIpc) is 2.71. The predicted molar refractivity (Wildman–Crippen MR) is 119 cm³/mol. The highest BCUT2D eigenvalue weighted by Crippen LogP contribution is 2.03. The second kappa shape index (κ2) is 14.5. The van der Waals surface area contributed by atoms with E-state index in [1.165, 1.54) is 16.7 Å². The topological polar surface area (TPSA) is 0 Å². The maximum absolute atomic E-state index is 5.53. The van der Waals surface area contributed by atoms with Gasteiger partial charge in [0, 0.05) is 15.6 Å². The van der Waals surface area contributed by atoms with E-state index in [2.05, 4.69) is 74.9 Å². The Balaban J connectivity index is 0.000000180. The van der Waals surface area contributed by atoms with Crippen LogP contribution in [0.3, 0.4) is 0 Å². The van der Waals surface area contributed by atoms with Gasteiger partial charge in [-0.15, -0.1) is 11.6 Å². The molecule has 3 heteroatoms. The smallest absolute Gasteiger partial charge is 0.0474 e. The number of alkyl halides is 3. The van der Waals surface area contributed by atoms with Gasteiger partial charge in [-0.3, -0.25) is 0 Å². The first-order valence-electron chi connectivity index (χ1n) is 7.59. The molecule has 0 unspecified atom stereocenters. The summed E-state index contributed by atoms with van der Waals surface area (Å²) in [7, 11) is 0. The van der Waals surface area contributed by atoms with E-state index in [0.29, 0.717) is 5.88 Å². The molecule has 24 heavy (non-hydrogen) atoms. The number of benzene rings is 3. The van der Waals surface area contributed by atoms with E-state index < -0.39 is 0 Å². The van der Waals surface area contributed by atoms with E-state index >= 15 is 0 Å². The highest BCUT2D eigenvalue weighted by Gasteiger charge is 1.82. The lowest BCUT2D eigenvalue weighted by atomic mass is 10.2. The molecule has 0 atom stereocenters. The van der Waals surface area contributed by atoms with Crippen LogP contribution in [0.15, 0.2) is 91.0 Å². The Morgan fingerprint density at radius 3 is 1.21 bits per heavy atom. The van der Waals surface area contributed by atoms with Gasteiger partial charge in [-0.2, -0.15) is 0 Å². The molecule has 0 aliphatic carbocycles. The first kappa shape index (κ1) is 21.2. The summed E-state index contributed by atoms with van der Waals surface area (Å²) in [5, 5.41) is 0.952. The van der Waals surface area contributed by atoms with Crippen LogP contribution in [0.2, 0.25) is 0 Å². The second-order valence-electron chi connectivity index (χ2n) is 4.86. The molecule has 0 aliphatic heterocycles. The standard InChI is InChI=1S/C7H7Br.C7H7Cl.C7H7I/c3*8-6-7-4-2-1-3-5-7/h3*1-5H,6H2. The lowest BCUT2D eigenvalue weighted by molar-refractivity contribution is 1.41. The van der Waals surface area contributed by atoms with Gasteiger partial charge >= 0.3 is 0 Å². The fourth-order valence-electron chi connectivity index (χ4n) is 1.70. The Labute approximate surface area is 172 Å². The molecule has 0 bridgehead atoms. The summed E-state index contributed by atoms with van der Waals surface area (Å²) in [4.78, 5) is 0. The third kappa shape index (κ3) is 10.1. The highest BCUT2D eigenvalue weighted by atomic mass is 127. The zero-order chi connectivity index (χ0) is 17.5. The molecule has 0 fully saturated rings. The summed E-state index contributed by atoms with van der Waals surface area (Å²) in [6, 6.07) is 30.7. The maximum atomic E-state index is 5.53. The Kier molecular flexibility index (Phi) is 12.8. The minimum Gasteiger partial charge on any atom is -0.122 e. The van der Waals surface area contributed by atoms with Crippen LogP contribution in [0.1, 0.15) is 16.7 Å². The molecule has 3 aromatic rings. The quantitative estimate of drug-likeness (QED) is 0.249. The van der Waals surface area contributed by atoms with Gasteiger partial charge in [-0.05, 0) is 16.7 Å². The van der Waals surface area contributed by atoms with E-state index in [4.69, 9.17) is 11.6 Å². The van der Waals surface area contributed by atoms with Crippen molar-refractivity contribution in [2.75, 3.05) is 0 Å². The third-order valence-electron chi connectivity index (χ3n) is 2.99. The maximum Gasteiger partial charge on any atom is 0.0474 e. The average molecular weight is 516 g/mol. The summed E-state index contributed by atoms with van der Waals surface area (Å²) in [5.41, 5.74) is 3.90. The van der Waals surface area contributed by atoms with Crippen LogP contribution >= 0.6 is 50.1 Å². The molecule has 0 aliphatic rings. The normalized spacial score (nSPS) is 9.12. The lowest BCUT2D eigenvalue weighted by Gasteiger charge is -1.88. The van der Waals surface area contributed by atoms with Crippen molar-refractivity contribution in [2.45, 2.75) is 15.6 Å². The number of rotatable bonds is 3. The van der Waals surface area contributed by atoms with Gasteiger partial charge in [0.1, 0.15) is 0 Å². The van der Waals surface area contributed by atoms with Gasteiger partial charge in [-0.1, -0.05) is 130 Å². The molecule has 0 heterocycles. The third-order valence-corrected chi connectivity index (χ3v) is 4.83. The van der Waals surface area contributed by atoms with Gasteiger partial charge in [0.15, 0.2) is 0 Å². The zero-order valence-electron chi connectivity index (χ0n) is 13.4. The van der Waals surface area contributed by atoms with Gasteiger partial charge in [0.2, 0.25) is 0 Å². The van der Waals surface area contributed by atoms with Crippen molar-refractivity contribution >= 4 is 50.1 Å². The molecule has 0 N–H and O–H groups in total. The van der Waals surface area contributed by atoms with Crippen molar-refractivity contribution in [2.24, 2.45) is 0 Å². The molecule has 0 saturated heterocycles. The van der Waals surface area contributed by atoms with Gasteiger partial charge < -0.3 is 0 Å². The van der Waals surface area contributed by atoms with Crippen molar-refractivity contribution in [1.29, 1.82) is 0 Å². The first-order valence-corrected chi connectivity index (χ1v) is 10.8. The monoisotopic (exact) mass is 514 g/mol. The lowest BCUT2D eigenvalue weighted by Crippen LogP contribution is -1.71.